The summed E-state index contributed by atoms with van der Waals surface area (Å²) in [6, 6.07) is 7.32. The van der Waals surface area contributed by atoms with E-state index in [4.69, 9.17) is 0 Å². The first-order chi connectivity index (χ1) is 10.3. The Balaban J connectivity index is 1.86. The Hall–Kier alpha value is -2.28. The average Bonchev–Trinajstić information content (AvgIpc) is 3.03. The van der Waals surface area contributed by atoms with Crippen molar-refractivity contribution in [2.24, 2.45) is 7.05 Å². The molecule has 0 spiro atoms. The van der Waals surface area contributed by atoms with Crippen LogP contribution in [0.3, 0.4) is 0 Å². The van der Waals surface area contributed by atoms with Gasteiger partial charge in [-0.3, -0.25) is 9.48 Å². The third-order valence-electron chi connectivity index (χ3n) is 3.39. The van der Waals surface area contributed by atoms with Crippen molar-refractivity contribution in [2.45, 2.75) is 26.2 Å². The van der Waals surface area contributed by atoms with E-state index >= 15 is 0 Å². The number of carbonyl (C=O) groups is 1. The van der Waals surface area contributed by atoms with Crippen molar-refractivity contribution in [1.82, 2.24) is 18.5 Å². The Kier molecular flexibility index (Phi) is 3.44. The number of hydrogen-bond acceptors (Lipinski definition) is 5. The lowest BCUT2D eigenvalue weighted by atomic mass is 9.92. The smallest absolute Gasteiger partial charge is 0.273 e. The zero-order valence-electron chi connectivity index (χ0n) is 12.9. The van der Waals surface area contributed by atoms with Crippen molar-refractivity contribution >= 4 is 34.4 Å². The van der Waals surface area contributed by atoms with Crippen LogP contribution in [-0.4, -0.2) is 24.4 Å². The molecule has 0 aliphatic rings. The van der Waals surface area contributed by atoms with E-state index in [-0.39, 0.29) is 11.3 Å². The Bertz CT molecular complexity index is 843. The summed E-state index contributed by atoms with van der Waals surface area (Å²) < 4.78 is 9.93. The van der Waals surface area contributed by atoms with Crippen LogP contribution in [0.5, 0.6) is 0 Å². The van der Waals surface area contributed by atoms with Gasteiger partial charge in [-0.15, -0.1) is 0 Å². The second-order valence-electron chi connectivity index (χ2n) is 6.21. The molecule has 1 amide bonds. The van der Waals surface area contributed by atoms with Crippen molar-refractivity contribution in [3.05, 3.63) is 35.7 Å². The quantitative estimate of drug-likeness (QED) is 0.789. The molecule has 0 bridgehead atoms. The molecule has 114 valence electrons. The predicted molar refractivity (Wildman–Crippen MR) is 87.3 cm³/mol. The number of fused-ring (bicyclic) bond motifs is 1. The Labute approximate surface area is 132 Å². The first-order valence-corrected chi connectivity index (χ1v) is 7.66. The number of aryl methyl sites for hydroxylation is 1. The largest absolute Gasteiger partial charge is 0.321 e. The molecule has 3 aromatic rings. The van der Waals surface area contributed by atoms with Crippen LogP contribution < -0.4 is 5.32 Å². The maximum atomic E-state index is 12.4. The van der Waals surface area contributed by atoms with Gasteiger partial charge in [0.05, 0.1) is 17.4 Å². The van der Waals surface area contributed by atoms with Crippen LogP contribution in [0.15, 0.2) is 24.3 Å². The highest BCUT2D eigenvalue weighted by atomic mass is 32.1. The summed E-state index contributed by atoms with van der Waals surface area (Å²) in [6.07, 6.45) is 0. The summed E-state index contributed by atoms with van der Waals surface area (Å²) in [6.45, 7) is 6.21. The van der Waals surface area contributed by atoms with Gasteiger partial charge < -0.3 is 5.32 Å². The summed E-state index contributed by atoms with van der Waals surface area (Å²) >= 11 is 1.16. The van der Waals surface area contributed by atoms with E-state index in [9.17, 15) is 4.79 Å². The summed E-state index contributed by atoms with van der Waals surface area (Å²) in [5.74, 6) is -0.187. The van der Waals surface area contributed by atoms with Crippen LogP contribution in [0, 0.1) is 0 Å². The number of amides is 1. The van der Waals surface area contributed by atoms with Gasteiger partial charge in [0.1, 0.15) is 16.7 Å². The fraction of sp³-hybridized carbons (Fsp3) is 0.333. The zero-order valence-corrected chi connectivity index (χ0v) is 13.7. The van der Waals surface area contributed by atoms with E-state index in [2.05, 4.69) is 39.9 Å². The van der Waals surface area contributed by atoms with Crippen LogP contribution in [0.25, 0.3) is 11.0 Å². The van der Waals surface area contributed by atoms with Gasteiger partial charge in [0.25, 0.3) is 5.91 Å². The third-order valence-corrected chi connectivity index (χ3v) is 3.95. The molecule has 0 saturated heterocycles. The van der Waals surface area contributed by atoms with Crippen molar-refractivity contribution in [3.8, 4) is 0 Å². The number of nitrogens with one attached hydrogen (secondary N) is 1. The minimum atomic E-state index is -0.187. The van der Waals surface area contributed by atoms with Crippen LogP contribution in [-0.2, 0) is 12.5 Å². The molecule has 2 heterocycles. The van der Waals surface area contributed by atoms with Gasteiger partial charge in [0.15, 0.2) is 0 Å². The standard InChI is InChI=1S/C15H17N5OS/c1-15(2,3)13-8-12(20(4)17-13)14(21)16-9-5-6-10-11(7-9)19-22-18-10/h5-8H,1-4H3,(H,16,21). The molecule has 0 radical (unpaired) electrons. The van der Waals surface area contributed by atoms with Gasteiger partial charge in [0, 0.05) is 18.2 Å². The number of nitrogens with zero attached hydrogens (tertiary/aromatic N) is 4. The molecular weight excluding hydrogens is 298 g/mol. The van der Waals surface area contributed by atoms with Crippen LogP contribution in [0.2, 0.25) is 0 Å². The van der Waals surface area contributed by atoms with Gasteiger partial charge in [-0.05, 0) is 24.3 Å². The molecule has 0 saturated carbocycles. The number of rotatable bonds is 2. The first kappa shape index (κ1) is 14.6. The second-order valence-corrected chi connectivity index (χ2v) is 6.74. The lowest BCUT2D eigenvalue weighted by Crippen LogP contribution is -2.15. The van der Waals surface area contributed by atoms with Crippen LogP contribution in [0.1, 0.15) is 37.0 Å². The minimum Gasteiger partial charge on any atom is -0.321 e. The molecule has 6 nitrogen and oxygen atoms in total. The third kappa shape index (κ3) is 2.71. The van der Waals surface area contributed by atoms with Crippen molar-refractivity contribution in [1.29, 1.82) is 0 Å². The molecule has 1 N–H and O–H groups in total. The number of hydrogen-bond donors (Lipinski definition) is 1. The van der Waals surface area contributed by atoms with E-state index in [0.29, 0.717) is 11.4 Å². The molecular formula is C15H17N5OS. The van der Waals surface area contributed by atoms with Gasteiger partial charge in [-0.1, -0.05) is 20.8 Å². The van der Waals surface area contributed by atoms with E-state index < -0.39 is 0 Å². The molecule has 1 aromatic carbocycles. The zero-order chi connectivity index (χ0) is 15.9. The topological polar surface area (TPSA) is 72.7 Å². The highest BCUT2D eigenvalue weighted by molar-refractivity contribution is 7.00. The molecule has 0 atom stereocenters. The van der Waals surface area contributed by atoms with E-state index in [1.807, 2.05) is 24.3 Å². The number of benzene rings is 1. The minimum absolute atomic E-state index is 0.0958. The van der Waals surface area contributed by atoms with Gasteiger partial charge in [-0.25, -0.2) is 0 Å². The van der Waals surface area contributed by atoms with E-state index in [1.165, 1.54) is 0 Å². The molecule has 3 rings (SSSR count). The van der Waals surface area contributed by atoms with Crippen molar-refractivity contribution < 1.29 is 4.79 Å². The maximum Gasteiger partial charge on any atom is 0.273 e. The summed E-state index contributed by atoms with van der Waals surface area (Å²) in [4.78, 5) is 12.4. The molecule has 7 heteroatoms. The lowest BCUT2D eigenvalue weighted by Gasteiger charge is -2.13. The van der Waals surface area contributed by atoms with Crippen molar-refractivity contribution in [2.75, 3.05) is 5.32 Å². The monoisotopic (exact) mass is 315 g/mol. The maximum absolute atomic E-state index is 12.4. The second kappa shape index (κ2) is 5.17. The molecule has 0 unspecified atom stereocenters. The lowest BCUT2D eigenvalue weighted by molar-refractivity contribution is 0.101. The van der Waals surface area contributed by atoms with Gasteiger partial charge in [-0.2, -0.15) is 13.8 Å². The van der Waals surface area contributed by atoms with Crippen LogP contribution >= 0.6 is 11.7 Å². The Morgan fingerprint density at radius 3 is 2.59 bits per heavy atom. The molecule has 0 aliphatic carbocycles. The number of aromatic nitrogens is 4. The molecule has 2 aromatic heterocycles. The van der Waals surface area contributed by atoms with E-state index in [0.717, 1.165) is 28.5 Å². The van der Waals surface area contributed by atoms with Crippen molar-refractivity contribution in [3.63, 3.8) is 0 Å². The number of anilines is 1. The predicted octanol–water partition coefficient (Wildman–Crippen LogP) is 2.97. The Morgan fingerprint density at radius 1 is 1.18 bits per heavy atom. The molecule has 22 heavy (non-hydrogen) atoms. The SMILES string of the molecule is Cn1nc(C(C)(C)C)cc1C(=O)Nc1ccc2nsnc2c1. The van der Waals surface area contributed by atoms with Gasteiger partial charge >= 0.3 is 0 Å². The molecule has 0 aliphatic heterocycles. The highest BCUT2D eigenvalue weighted by Gasteiger charge is 2.21. The first-order valence-electron chi connectivity index (χ1n) is 6.93. The number of carbonyl (C=O) groups excluding carboxylic acids is 1. The van der Waals surface area contributed by atoms with Gasteiger partial charge in [0.2, 0.25) is 0 Å². The Morgan fingerprint density at radius 2 is 1.91 bits per heavy atom. The highest BCUT2D eigenvalue weighted by Crippen LogP contribution is 2.22. The summed E-state index contributed by atoms with van der Waals surface area (Å²) in [5, 5.41) is 7.30. The average molecular weight is 315 g/mol. The summed E-state index contributed by atoms with van der Waals surface area (Å²) in [7, 11) is 1.78. The normalized spacial score (nSPS) is 11.8. The van der Waals surface area contributed by atoms with Crippen LogP contribution in [0.4, 0.5) is 5.69 Å². The fourth-order valence-corrected chi connectivity index (χ4v) is 2.62. The fourth-order valence-electron chi connectivity index (χ4n) is 2.10. The molecule has 0 fully saturated rings. The summed E-state index contributed by atoms with van der Waals surface area (Å²) in [5.41, 5.74) is 3.63. The van der Waals surface area contributed by atoms with E-state index in [1.54, 1.807) is 11.7 Å².